The molecule has 0 radical (unpaired) electrons. The Morgan fingerprint density at radius 1 is 0.857 bits per heavy atom. The molecule has 1 saturated heterocycles. The third-order valence-corrected chi connectivity index (χ3v) is 3.10. The van der Waals surface area contributed by atoms with Gasteiger partial charge in [0.25, 0.3) is 0 Å². The number of aliphatic hydroxyl groups is 2. The first-order valence-corrected chi connectivity index (χ1v) is 5.34. The fourth-order valence-electron chi connectivity index (χ4n) is 0.792. The standard InChI is InChI=1S/C6H8Cl4O4/c7-3(8)5(11)1-13-6(12,2-14-5)4(9)10/h3-4,11-12H,1-2H2. The molecule has 1 aliphatic rings. The Morgan fingerprint density at radius 2 is 1.14 bits per heavy atom. The van der Waals surface area contributed by atoms with Gasteiger partial charge in [-0.1, -0.05) is 46.4 Å². The summed E-state index contributed by atoms with van der Waals surface area (Å²) in [7, 11) is 0. The van der Waals surface area contributed by atoms with E-state index < -0.39 is 34.5 Å². The van der Waals surface area contributed by atoms with Crippen molar-refractivity contribution in [3.8, 4) is 0 Å². The molecule has 0 aromatic rings. The number of halogens is 4. The molecule has 84 valence electrons. The first-order chi connectivity index (χ1) is 6.30. The van der Waals surface area contributed by atoms with Crippen LogP contribution in [0.2, 0.25) is 0 Å². The van der Waals surface area contributed by atoms with Gasteiger partial charge in [-0.3, -0.25) is 0 Å². The largest absolute Gasteiger partial charge is 0.362 e. The van der Waals surface area contributed by atoms with Crippen molar-refractivity contribution in [1.82, 2.24) is 0 Å². The van der Waals surface area contributed by atoms with Gasteiger partial charge < -0.3 is 19.7 Å². The molecule has 1 aliphatic heterocycles. The quantitative estimate of drug-likeness (QED) is 0.744. The van der Waals surface area contributed by atoms with Gasteiger partial charge in [-0.15, -0.1) is 0 Å². The van der Waals surface area contributed by atoms with Crippen LogP contribution in [0.3, 0.4) is 0 Å². The first-order valence-electron chi connectivity index (χ1n) is 3.59. The van der Waals surface area contributed by atoms with Crippen LogP contribution in [0.25, 0.3) is 0 Å². The lowest BCUT2D eigenvalue weighted by atomic mass is 10.2. The maximum Gasteiger partial charge on any atom is 0.220 e. The summed E-state index contributed by atoms with van der Waals surface area (Å²) in [6, 6.07) is 0. The molecule has 0 bridgehead atoms. The molecule has 2 unspecified atom stereocenters. The Labute approximate surface area is 101 Å². The van der Waals surface area contributed by atoms with E-state index in [1.165, 1.54) is 0 Å². The van der Waals surface area contributed by atoms with Gasteiger partial charge in [-0.2, -0.15) is 0 Å². The van der Waals surface area contributed by atoms with Crippen molar-refractivity contribution < 1.29 is 19.7 Å². The molecule has 1 heterocycles. The van der Waals surface area contributed by atoms with Crippen LogP contribution in [-0.2, 0) is 9.47 Å². The van der Waals surface area contributed by atoms with Gasteiger partial charge in [0, 0.05) is 0 Å². The SMILES string of the molecule is OC1(C(Cl)Cl)COC(O)(C(Cl)Cl)CO1. The molecular formula is C6H8Cl4O4. The van der Waals surface area contributed by atoms with E-state index in [0.717, 1.165) is 0 Å². The average molecular weight is 286 g/mol. The summed E-state index contributed by atoms with van der Waals surface area (Å²) < 4.78 is 9.70. The lowest BCUT2D eigenvalue weighted by Crippen LogP contribution is -2.58. The van der Waals surface area contributed by atoms with Gasteiger partial charge in [0.1, 0.15) is 13.2 Å². The smallest absolute Gasteiger partial charge is 0.220 e. The highest BCUT2D eigenvalue weighted by Crippen LogP contribution is 2.33. The van der Waals surface area contributed by atoms with E-state index in [9.17, 15) is 10.2 Å². The highest BCUT2D eigenvalue weighted by molar-refractivity contribution is 6.45. The molecule has 8 heteroatoms. The van der Waals surface area contributed by atoms with Crippen molar-refractivity contribution in [2.24, 2.45) is 0 Å². The third-order valence-electron chi connectivity index (χ3n) is 1.74. The second-order valence-electron chi connectivity index (χ2n) is 2.87. The van der Waals surface area contributed by atoms with Gasteiger partial charge in [0.15, 0.2) is 9.67 Å². The minimum Gasteiger partial charge on any atom is -0.362 e. The zero-order valence-corrected chi connectivity index (χ0v) is 9.82. The molecule has 0 saturated carbocycles. The Hall–Kier alpha value is 1.00. The summed E-state index contributed by atoms with van der Waals surface area (Å²) in [6.45, 7) is -0.839. The fraction of sp³-hybridized carbons (Fsp3) is 1.00. The topological polar surface area (TPSA) is 58.9 Å². The maximum atomic E-state index is 9.55. The van der Waals surface area contributed by atoms with Gasteiger partial charge in [0.2, 0.25) is 11.6 Å². The van der Waals surface area contributed by atoms with Gasteiger partial charge in [-0.05, 0) is 0 Å². The second kappa shape index (κ2) is 4.47. The first kappa shape index (κ1) is 13.1. The van der Waals surface area contributed by atoms with E-state index in [-0.39, 0.29) is 0 Å². The van der Waals surface area contributed by atoms with Gasteiger partial charge in [-0.25, -0.2) is 0 Å². The predicted octanol–water partition coefficient (Wildman–Crippen LogP) is 1.02. The lowest BCUT2D eigenvalue weighted by Gasteiger charge is -2.41. The van der Waals surface area contributed by atoms with Crippen LogP contribution < -0.4 is 0 Å². The van der Waals surface area contributed by atoms with Crippen molar-refractivity contribution in [2.45, 2.75) is 21.2 Å². The molecule has 0 aromatic heterocycles. The lowest BCUT2D eigenvalue weighted by molar-refractivity contribution is -0.356. The highest BCUT2D eigenvalue weighted by Gasteiger charge is 2.49. The van der Waals surface area contributed by atoms with Gasteiger partial charge in [0.05, 0.1) is 0 Å². The van der Waals surface area contributed by atoms with Crippen molar-refractivity contribution in [1.29, 1.82) is 0 Å². The highest BCUT2D eigenvalue weighted by atomic mass is 35.5. The number of rotatable bonds is 2. The van der Waals surface area contributed by atoms with Crippen LogP contribution in [0.5, 0.6) is 0 Å². The third kappa shape index (κ3) is 2.57. The van der Waals surface area contributed by atoms with E-state index in [2.05, 4.69) is 0 Å². The minimum absolute atomic E-state index is 0.420. The molecular weight excluding hydrogens is 278 g/mol. The number of hydrogen-bond donors (Lipinski definition) is 2. The molecule has 1 rings (SSSR count). The van der Waals surface area contributed by atoms with Crippen molar-refractivity contribution in [3.05, 3.63) is 0 Å². The van der Waals surface area contributed by atoms with Crippen LogP contribution in [-0.4, -0.2) is 44.7 Å². The van der Waals surface area contributed by atoms with Crippen LogP contribution in [0.1, 0.15) is 0 Å². The van der Waals surface area contributed by atoms with Crippen LogP contribution in [0, 0.1) is 0 Å². The number of alkyl halides is 4. The normalized spacial score (nSPS) is 39.4. The molecule has 0 amide bonds. The monoisotopic (exact) mass is 284 g/mol. The number of ether oxygens (including phenoxy) is 2. The molecule has 2 N–H and O–H groups in total. The van der Waals surface area contributed by atoms with Gasteiger partial charge >= 0.3 is 0 Å². The zero-order chi connectivity index (χ0) is 11.0. The summed E-state index contributed by atoms with van der Waals surface area (Å²) in [5.41, 5.74) is 0. The summed E-state index contributed by atoms with van der Waals surface area (Å²) in [6.07, 6.45) is 0. The number of hydrogen-bond acceptors (Lipinski definition) is 4. The van der Waals surface area contributed by atoms with E-state index in [1.807, 2.05) is 0 Å². The minimum atomic E-state index is -1.85. The molecule has 0 spiro atoms. The van der Waals surface area contributed by atoms with Crippen molar-refractivity contribution in [3.63, 3.8) is 0 Å². The molecule has 4 nitrogen and oxygen atoms in total. The van der Waals surface area contributed by atoms with E-state index in [4.69, 9.17) is 55.9 Å². The predicted molar refractivity (Wildman–Crippen MR) is 52.8 cm³/mol. The zero-order valence-electron chi connectivity index (χ0n) is 6.79. The average Bonchev–Trinajstić information content (AvgIpc) is 2.10. The summed E-state index contributed by atoms with van der Waals surface area (Å²) >= 11 is 21.7. The van der Waals surface area contributed by atoms with E-state index in [0.29, 0.717) is 0 Å². The van der Waals surface area contributed by atoms with Crippen LogP contribution in [0.4, 0.5) is 0 Å². The van der Waals surface area contributed by atoms with Crippen molar-refractivity contribution >= 4 is 46.4 Å². The molecule has 0 aromatic carbocycles. The van der Waals surface area contributed by atoms with Crippen molar-refractivity contribution in [2.75, 3.05) is 13.2 Å². The van der Waals surface area contributed by atoms with Crippen LogP contribution >= 0.6 is 46.4 Å². The molecule has 0 aliphatic carbocycles. The van der Waals surface area contributed by atoms with E-state index in [1.54, 1.807) is 0 Å². The molecule has 14 heavy (non-hydrogen) atoms. The summed E-state index contributed by atoms with van der Waals surface area (Å²) in [5, 5.41) is 19.1. The molecule has 1 fully saturated rings. The van der Waals surface area contributed by atoms with Crippen LogP contribution in [0.15, 0.2) is 0 Å². The molecule has 2 atom stereocenters. The summed E-state index contributed by atoms with van der Waals surface area (Å²) in [5.74, 6) is -3.70. The fourth-order valence-corrected chi connectivity index (χ4v) is 1.30. The Bertz CT molecular complexity index is 180. The second-order valence-corrected chi connectivity index (χ2v) is 5.06. The Kier molecular flexibility index (Phi) is 4.17. The summed E-state index contributed by atoms with van der Waals surface area (Å²) in [4.78, 5) is -2.40. The Morgan fingerprint density at radius 3 is 1.29 bits per heavy atom. The maximum absolute atomic E-state index is 9.55. The Balaban J connectivity index is 2.62. The van der Waals surface area contributed by atoms with E-state index >= 15 is 0 Å².